The molecule has 0 aliphatic heterocycles. The minimum Gasteiger partial charge on any atom is -0.393 e. The van der Waals surface area contributed by atoms with Gasteiger partial charge >= 0.3 is 0 Å². The number of rotatable bonds is 0. The van der Waals surface area contributed by atoms with Crippen molar-refractivity contribution in [1.29, 1.82) is 0 Å². The van der Waals surface area contributed by atoms with Crippen LogP contribution in [0, 0.1) is 29.1 Å². The van der Waals surface area contributed by atoms with Gasteiger partial charge in [-0.05, 0) is 48.3 Å². The Labute approximate surface area is 60.4 Å². The van der Waals surface area contributed by atoms with Crippen molar-refractivity contribution in [3.63, 3.8) is 0 Å². The largest absolute Gasteiger partial charge is 0.393 e. The Bertz CT molecular complexity index is 215. The fourth-order valence-electron chi connectivity index (χ4n) is 4.31. The topological polar surface area (TPSA) is 20.2 Å². The van der Waals surface area contributed by atoms with Gasteiger partial charge in [-0.15, -0.1) is 0 Å². The summed E-state index contributed by atoms with van der Waals surface area (Å²) in [7, 11) is 0. The first-order valence-corrected chi connectivity index (χ1v) is 4.53. The molecule has 0 saturated heterocycles. The maximum absolute atomic E-state index is 9.50. The smallest absolute Gasteiger partial charge is 0.0577 e. The summed E-state index contributed by atoms with van der Waals surface area (Å²) in [6, 6.07) is 0. The van der Waals surface area contributed by atoms with Gasteiger partial charge in [0.15, 0.2) is 0 Å². The van der Waals surface area contributed by atoms with Crippen LogP contribution in [0.4, 0.5) is 0 Å². The predicted molar refractivity (Wildman–Crippen MR) is 36.3 cm³/mol. The molecule has 4 aliphatic carbocycles. The van der Waals surface area contributed by atoms with E-state index in [4.69, 9.17) is 0 Å². The molecule has 4 saturated carbocycles. The molecule has 0 aromatic heterocycles. The molecule has 5 atom stereocenters. The molecular weight excluding hydrogens is 124 g/mol. The van der Waals surface area contributed by atoms with Gasteiger partial charge in [0.25, 0.3) is 0 Å². The molecule has 4 aliphatic rings. The van der Waals surface area contributed by atoms with Crippen LogP contribution in [-0.4, -0.2) is 11.2 Å². The van der Waals surface area contributed by atoms with E-state index < -0.39 is 0 Å². The van der Waals surface area contributed by atoms with Gasteiger partial charge in [0.05, 0.1) is 6.10 Å². The third-order valence-corrected chi connectivity index (χ3v) is 4.77. The summed E-state index contributed by atoms with van der Waals surface area (Å²) in [5.41, 5.74) is 0.842. The highest BCUT2D eigenvalue weighted by molar-refractivity contribution is 5.32. The Balaban J connectivity index is 1.81. The second-order valence-electron chi connectivity index (χ2n) is 4.82. The van der Waals surface area contributed by atoms with E-state index in [0.717, 1.165) is 35.5 Å². The molecule has 1 nitrogen and oxygen atoms in total. The van der Waals surface area contributed by atoms with Gasteiger partial charge in [-0.2, -0.15) is 0 Å². The Morgan fingerprint density at radius 3 is 2.40 bits per heavy atom. The zero-order chi connectivity index (χ0) is 6.51. The van der Waals surface area contributed by atoms with Crippen LogP contribution in [0.15, 0.2) is 0 Å². The summed E-state index contributed by atoms with van der Waals surface area (Å²) in [5.74, 6) is 3.80. The van der Waals surface area contributed by atoms with E-state index in [-0.39, 0.29) is 6.10 Å². The zero-order valence-electron chi connectivity index (χ0n) is 5.96. The quantitative estimate of drug-likeness (QED) is 0.527. The fraction of sp³-hybridized carbons (Fsp3) is 1.00. The third kappa shape index (κ3) is 0.254. The standard InChI is InChI=1S/C9H12O/c10-5-3-4-6-7(5)8(6)9(4)1-2-9/h4-8,10H,1-3H2/t4-,5-,6-,7+,8-/m0/s1. The van der Waals surface area contributed by atoms with Crippen LogP contribution in [0.25, 0.3) is 0 Å². The van der Waals surface area contributed by atoms with Gasteiger partial charge in [-0.3, -0.25) is 0 Å². The van der Waals surface area contributed by atoms with Crippen molar-refractivity contribution in [2.75, 3.05) is 0 Å². The second kappa shape index (κ2) is 0.989. The lowest BCUT2D eigenvalue weighted by molar-refractivity contribution is 0.0415. The van der Waals surface area contributed by atoms with Crippen LogP contribution in [-0.2, 0) is 0 Å². The number of hydrogen-bond donors (Lipinski definition) is 1. The number of hydrogen-bond acceptors (Lipinski definition) is 1. The lowest BCUT2D eigenvalue weighted by Crippen LogP contribution is -2.35. The lowest BCUT2D eigenvalue weighted by Gasteiger charge is -2.38. The van der Waals surface area contributed by atoms with E-state index in [1.807, 2.05) is 0 Å². The van der Waals surface area contributed by atoms with E-state index in [0.29, 0.717) is 0 Å². The monoisotopic (exact) mass is 136 g/mol. The van der Waals surface area contributed by atoms with Crippen LogP contribution in [0.3, 0.4) is 0 Å². The van der Waals surface area contributed by atoms with E-state index in [9.17, 15) is 5.11 Å². The normalized spacial score (nSPS) is 71.1. The number of aliphatic hydroxyl groups excluding tert-OH is 1. The van der Waals surface area contributed by atoms with Crippen molar-refractivity contribution in [2.24, 2.45) is 29.1 Å². The van der Waals surface area contributed by atoms with Crippen LogP contribution in [0.1, 0.15) is 19.3 Å². The molecule has 1 N–H and O–H groups in total. The first-order valence-electron chi connectivity index (χ1n) is 4.53. The molecule has 4 fully saturated rings. The highest BCUT2D eigenvalue weighted by Gasteiger charge is 2.85. The maximum Gasteiger partial charge on any atom is 0.0577 e. The molecule has 0 heterocycles. The van der Waals surface area contributed by atoms with Gasteiger partial charge in [0.1, 0.15) is 0 Å². The maximum atomic E-state index is 9.50. The van der Waals surface area contributed by atoms with Crippen molar-refractivity contribution < 1.29 is 5.11 Å². The van der Waals surface area contributed by atoms with Crippen molar-refractivity contribution in [3.8, 4) is 0 Å². The summed E-state index contributed by atoms with van der Waals surface area (Å²) >= 11 is 0. The van der Waals surface area contributed by atoms with Crippen LogP contribution < -0.4 is 0 Å². The summed E-state index contributed by atoms with van der Waals surface area (Å²) in [5, 5.41) is 9.50. The Kier molecular flexibility index (Phi) is 0.471. The van der Waals surface area contributed by atoms with Crippen LogP contribution in [0.2, 0.25) is 0 Å². The van der Waals surface area contributed by atoms with Crippen molar-refractivity contribution >= 4 is 0 Å². The molecule has 0 aromatic rings. The summed E-state index contributed by atoms with van der Waals surface area (Å²) in [6.45, 7) is 0. The lowest BCUT2D eigenvalue weighted by atomic mass is 9.67. The van der Waals surface area contributed by atoms with Gasteiger partial charge in [0, 0.05) is 0 Å². The van der Waals surface area contributed by atoms with E-state index in [2.05, 4.69) is 0 Å². The van der Waals surface area contributed by atoms with E-state index in [1.165, 1.54) is 12.8 Å². The molecule has 0 unspecified atom stereocenters. The zero-order valence-corrected chi connectivity index (χ0v) is 5.96. The van der Waals surface area contributed by atoms with Gasteiger partial charge in [-0.25, -0.2) is 0 Å². The minimum absolute atomic E-state index is 0.117. The summed E-state index contributed by atoms with van der Waals surface area (Å²) in [4.78, 5) is 0. The molecule has 54 valence electrons. The molecule has 0 aromatic carbocycles. The van der Waals surface area contributed by atoms with Crippen molar-refractivity contribution in [1.82, 2.24) is 0 Å². The van der Waals surface area contributed by atoms with Gasteiger partial charge in [0.2, 0.25) is 0 Å². The van der Waals surface area contributed by atoms with Crippen molar-refractivity contribution in [2.45, 2.75) is 25.4 Å². The highest BCUT2D eigenvalue weighted by atomic mass is 16.3. The molecule has 0 radical (unpaired) electrons. The molecule has 1 spiro atoms. The Morgan fingerprint density at radius 2 is 2.00 bits per heavy atom. The molecule has 0 amide bonds. The molecule has 10 heavy (non-hydrogen) atoms. The van der Waals surface area contributed by atoms with Crippen LogP contribution in [0.5, 0.6) is 0 Å². The second-order valence-corrected chi connectivity index (χ2v) is 4.82. The Morgan fingerprint density at radius 1 is 1.20 bits per heavy atom. The Hall–Kier alpha value is -0.0400. The van der Waals surface area contributed by atoms with Gasteiger partial charge in [-0.1, -0.05) is 0 Å². The van der Waals surface area contributed by atoms with Crippen LogP contribution >= 0.6 is 0 Å². The highest BCUT2D eigenvalue weighted by Crippen LogP contribution is 2.88. The molecule has 0 bridgehead atoms. The fourth-order valence-corrected chi connectivity index (χ4v) is 4.31. The molecule has 1 heteroatoms. The van der Waals surface area contributed by atoms with E-state index in [1.54, 1.807) is 0 Å². The average molecular weight is 136 g/mol. The first kappa shape index (κ1) is 4.76. The average Bonchev–Trinajstić information content (AvgIpc) is 2.77. The van der Waals surface area contributed by atoms with E-state index >= 15 is 0 Å². The SMILES string of the molecule is O[C@H]1C[C@H]2[C@H]3[C@@H]1[C@H]3C21CC1. The molecule has 4 rings (SSSR count). The number of fused-ring (bicyclic) bond motifs is 3. The van der Waals surface area contributed by atoms with Crippen molar-refractivity contribution in [3.05, 3.63) is 0 Å². The summed E-state index contributed by atoms with van der Waals surface area (Å²) < 4.78 is 0. The predicted octanol–water partition coefficient (Wildman–Crippen LogP) is 1.02. The molecular formula is C9H12O. The minimum atomic E-state index is 0.117. The summed E-state index contributed by atoms with van der Waals surface area (Å²) in [6.07, 6.45) is 4.28. The number of aliphatic hydroxyl groups is 1. The first-order chi connectivity index (χ1) is 4.84. The third-order valence-electron chi connectivity index (χ3n) is 4.77. The van der Waals surface area contributed by atoms with Gasteiger partial charge < -0.3 is 5.11 Å².